The summed E-state index contributed by atoms with van der Waals surface area (Å²) in [6, 6.07) is 5.54. The number of aromatic nitrogens is 3. The van der Waals surface area contributed by atoms with Crippen LogP contribution in [-0.4, -0.2) is 15.2 Å². The summed E-state index contributed by atoms with van der Waals surface area (Å²) in [6.45, 7) is 0. The summed E-state index contributed by atoms with van der Waals surface area (Å²) in [5, 5.41) is 7.89. The molecule has 100 valence electrons. The molecule has 0 unspecified atom stereocenters. The van der Waals surface area contributed by atoms with Crippen LogP contribution in [0.4, 0.5) is 5.69 Å². The number of rotatable bonds is 2. The Hall–Kier alpha value is -1.55. The summed E-state index contributed by atoms with van der Waals surface area (Å²) >= 11 is 6.03. The van der Waals surface area contributed by atoms with Gasteiger partial charge in [-0.3, -0.25) is 5.10 Å². The van der Waals surface area contributed by atoms with Gasteiger partial charge in [0.2, 0.25) is 0 Å². The first-order valence-corrected chi connectivity index (χ1v) is 7.10. The zero-order valence-corrected chi connectivity index (χ0v) is 11.5. The molecule has 0 bridgehead atoms. The van der Waals surface area contributed by atoms with Crippen LogP contribution in [0.25, 0.3) is 11.4 Å². The Labute approximate surface area is 117 Å². The molecule has 1 aliphatic rings. The average molecular weight is 277 g/mol. The minimum absolute atomic E-state index is 0.510. The number of halogens is 1. The zero-order valence-electron chi connectivity index (χ0n) is 10.7. The summed E-state index contributed by atoms with van der Waals surface area (Å²) in [4.78, 5) is 4.60. The van der Waals surface area contributed by atoms with E-state index < -0.39 is 0 Å². The average Bonchev–Trinajstić information content (AvgIpc) is 2.92. The van der Waals surface area contributed by atoms with Gasteiger partial charge in [0, 0.05) is 11.5 Å². The van der Waals surface area contributed by atoms with E-state index >= 15 is 0 Å². The fraction of sp³-hybridized carbons (Fsp3) is 0.429. The van der Waals surface area contributed by atoms with Gasteiger partial charge in [-0.1, -0.05) is 36.9 Å². The summed E-state index contributed by atoms with van der Waals surface area (Å²) < 4.78 is 0. The second kappa shape index (κ2) is 5.21. The lowest BCUT2D eigenvalue weighted by molar-refractivity contribution is 0.429. The summed E-state index contributed by atoms with van der Waals surface area (Å²) in [7, 11) is 0. The maximum absolute atomic E-state index is 6.03. The lowest BCUT2D eigenvalue weighted by Gasteiger charge is -2.18. The van der Waals surface area contributed by atoms with Gasteiger partial charge in [-0.05, 0) is 25.0 Å². The van der Waals surface area contributed by atoms with Crippen molar-refractivity contribution in [3.05, 3.63) is 29.0 Å². The van der Waals surface area contributed by atoms with E-state index in [0.29, 0.717) is 22.5 Å². The van der Waals surface area contributed by atoms with Crippen LogP contribution in [0, 0.1) is 0 Å². The van der Waals surface area contributed by atoms with Gasteiger partial charge >= 0.3 is 0 Å². The number of nitrogens with zero attached hydrogens (tertiary/aromatic N) is 2. The lowest BCUT2D eigenvalue weighted by atomic mass is 9.89. The van der Waals surface area contributed by atoms with Gasteiger partial charge in [0.05, 0.1) is 10.7 Å². The number of benzene rings is 1. The van der Waals surface area contributed by atoms with E-state index in [9.17, 15) is 0 Å². The van der Waals surface area contributed by atoms with E-state index in [0.717, 1.165) is 11.4 Å². The summed E-state index contributed by atoms with van der Waals surface area (Å²) in [6.07, 6.45) is 6.28. The van der Waals surface area contributed by atoms with Crippen molar-refractivity contribution in [3.8, 4) is 11.4 Å². The second-order valence-electron chi connectivity index (χ2n) is 5.08. The van der Waals surface area contributed by atoms with Gasteiger partial charge in [-0.25, -0.2) is 4.98 Å². The number of aromatic amines is 1. The molecular formula is C14H17ClN4. The largest absolute Gasteiger partial charge is 0.397 e. The molecule has 1 saturated carbocycles. The summed E-state index contributed by atoms with van der Waals surface area (Å²) in [5.41, 5.74) is 7.31. The van der Waals surface area contributed by atoms with Gasteiger partial charge < -0.3 is 5.73 Å². The van der Waals surface area contributed by atoms with Crippen molar-refractivity contribution in [2.75, 3.05) is 5.73 Å². The Morgan fingerprint density at radius 2 is 2.00 bits per heavy atom. The molecule has 0 saturated heterocycles. The van der Waals surface area contributed by atoms with Crippen LogP contribution in [0.15, 0.2) is 18.2 Å². The van der Waals surface area contributed by atoms with Crippen LogP contribution >= 0.6 is 11.6 Å². The van der Waals surface area contributed by atoms with Crippen LogP contribution < -0.4 is 5.73 Å². The predicted octanol–water partition coefficient (Wildman–Crippen LogP) is 3.76. The van der Waals surface area contributed by atoms with Gasteiger partial charge in [0.15, 0.2) is 5.82 Å². The first-order valence-electron chi connectivity index (χ1n) is 6.72. The normalized spacial score (nSPS) is 16.7. The molecule has 0 radical (unpaired) electrons. The molecule has 5 heteroatoms. The van der Waals surface area contributed by atoms with Crippen molar-refractivity contribution in [1.82, 2.24) is 15.2 Å². The van der Waals surface area contributed by atoms with Crippen LogP contribution in [0.1, 0.15) is 43.8 Å². The van der Waals surface area contributed by atoms with E-state index in [-0.39, 0.29) is 0 Å². The molecule has 19 heavy (non-hydrogen) atoms. The van der Waals surface area contributed by atoms with Crippen LogP contribution in [0.5, 0.6) is 0 Å². The molecule has 1 aromatic carbocycles. The number of H-pyrrole nitrogens is 1. The number of nitrogen functional groups attached to an aromatic ring is 1. The molecule has 3 N–H and O–H groups in total. The third kappa shape index (κ3) is 2.45. The summed E-state index contributed by atoms with van der Waals surface area (Å²) in [5.74, 6) is 2.13. The van der Waals surface area contributed by atoms with Crippen molar-refractivity contribution in [3.63, 3.8) is 0 Å². The smallest absolute Gasteiger partial charge is 0.183 e. The van der Waals surface area contributed by atoms with Gasteiger partial charge in [-0.15, -0.1) is 0 Å². The van der Waals surface area contributed by atoms with Gasteiger partial charge in [0.1, 0.15) is 5.82 Å². The van der Waals surface area contributed by atoms with Crippen molar-refractivity contribution in [2.45, 2.75) is 38.0 Å². The maximum Gasteiger partial charge on any atom is 0.183 e. The molecule has 4 nitrogen and oxygen atoms in total. The number of hydrogen-bond acceptors (Lipinski definition) is 3. The van der Waals surface area contributed by atoms with Gasteiger partial charge in [-0.2, -0.15) is 5.10 Å². The zero-order chi connectivity index (χ0) is 13.2. The fourth-order valence-corrected chi connectivity index (χ4v) is 2.86. The highest BCUT2D eigenvalue weighted by Crippen LogP contribution is 2.33. The molecule has 3 rings (SSSR count). The Kier molecular flexibility index (Phi) is 3.42. The number of nitrogens with two attached hydrogens (primary N) is 1. The number of nitrogens with one attached hydrogen (secondary N) is 1. The fourth-order valence-electron chi connectivity index (χ4n) is 2.69. The third-order valence-electron chi connectivity index (χ3n) is 3.79. The SMILES string of the molecule is Nc1c(Cl)cccc1-c1n[nH]c(C2CCCCC2)n1. The van der Waals surface area contributed by atoms with Crippen molar-refractivity contribution in [1.29, 1.82) is 0 Å². The Morgan fingerprint density at radius 1 is 1.21 bits per heavy atom. The molecule has 1 aliphatic carbocycles. The first kappa shape index (κ1) is 12.5. The molecule has 0 aliphatic heterocycles. The number of anilines is 1. The minimum Gasteiger partial charge on any atom is -0.397 e. The van der Waals surface area contributed by atoms with E-state index in [2.05, 4.69) is 15.2 Å². The molecule has 0 amide bonds. The molecule has 0 spiro atoms. The highest BCUT2D eigenvalue weighted by Gasteiger charge is 2.20. The monoisotopic (exact) mass is 276 g/mol. The second-order valence-corrected chi connectivity index (χ2v) is 5.49. The Bertz CT molecular complexity index is 573. The predicted molar refractivity (Wildman–Crippen MR) is 77.1 cm³/mol. The van der Waals surface area contributed by atoms with Crippen molar-refractivity contribution in [2.24, 2.45) is 0 Å². The first-order chi connectivity index (χ1) is 9.25. The minimum atomic E-state index is 0.510. The molecular weight excluding hydrogens is 260 g/mol. The van der Waals surface area contributed by atoms with Crippen molar-refractivity contribution < 1.29 is 0 Å². The molecule has 2 aromatic rings. The molecule has 1 heterocycles. The highest BCUT2D eigenvalue weighted by atomic mass is 35.5. The number of para-hydroxylation sites is 1. The van der Waals surface area contributed by atoms with Crippen LogP contribution in [-0.2, 0) is 0 Å². The van der Waals surface area contributed by atoms with E-state index in [1.807, 2.05) is 12.1 Å². The van der Waals surface area contributed by atoms with E-state index in [4.69, 9.17) is 17.3 Å². The maximum atomic E-state index is 6.03. The number of hydrogen-bond donors (Lipinski definition) is 2. The molecule has 0 atom stereocenters. The topological polar surface area (TPSA) is 67.6 Å². The van der Waals surface area contributed by atoms with E-state index in [1.165, 1.54) is 32.1 Å². The van der Waals surface area contributed by atoms with E-state index in [1.54, 1.807) is 6.07 Å². The quantitative estimate of drug-likeness (QED) is 0.821. The lowest BCUT2D eigenvalue weighted by Crippen LogP contribution is -2.06. The highest BCUT2D eigenvalue weighted by molar-refractivity contribution is 6.33. The van der Waals surface area contributed by atoms with Crippen LogP contribution in [0.2, 0.25) is 5.02 Å². The Morgan fingerprint density at radius 3 is 2.79 bits per heavy atom. The standard InChI is InChI=1S/C14H17ClN4/c15-11-8-4-7-10(12(11)16)14-17-13(18-19-14)9-5-2-1-3-6-9/h4,7-9H,1-3,5-6,16H2,(H,17,18,19). The third-order valence-corrected chi connectivity index (χ3v) is 4.12. The molecule has 1 aromatic heterocycles. The van der Waals surface area contributed by atoms with Crippen LogP contribution in [0.3, 0.4) is 0 Å². The molecule has 1 fully saturated rings. The Balaban J connectivity index is 1.90. The van der Waals surface area contributed by atoms with Gasteiger partial charge in [0.25, 0.3) is 0 Å². The van der Waals surface area contributed by atoms with Crippen molar-refractivity contribution >= 4 is 17.3 Å².